The van der Waals surface area contributed by atoms with Crippen LogP contribution in [0.5, 0.6) is 0 Å². The second kappa shape index (κ2) is 7.27. The molecule has 0 unspecified atom stereocenters. The van der Waals surface area contributed by atoms with E-state index in [0.29, 0.717) is 5.56 Å². The first-order valence-corrected chi connectivity index (χ1v) is 8.75. The van der Waals surface area contributed by atoms with Crippen LogP contribution in [0, 0.1) is 6.92 Å². The summed E-state index contributed by atoms with van der Waals surface area (Å²) in [4.78, 5) is 28.6. The van der Waals surface area contributed by atoms with Gasteiger partial charge in [-0.25, -0.2) is 0 Å². The van der Waals surface area contributed by atoms with Gasteiger partial charge in [-0.15, -0.1) is 0 Å². The highest BCUT2D eigenvalue weighted by atomic mass is 16.2. The number of benzene rings is 1. The zero-order valence-electron chi connectivity index (χ0n) is 15.1. The molecule has 0 aliphatic carbocycles. The third-order valence-corrected chi connectivity index (χ3v) is 4.85. The van der Waals surface area contributed by atoms with Crippen LogP contribution in [-0.4, -0.2) is 46.5 Å². The van der Waals surface area contributed by atoms with E-state index in [2.05, 4.69) is 53.5 Å². The van der Waals surface area contributed by atoms with Crippen molar-refractivity contribution in [2.75, 3.05) is 20.6 Å². The van der Waals surface area contributed by atoms with Gasteiger partial charge in [-0.2, -0.15) is 0 Å². The summed E-state index contributed by atoms with van der Waals surface area (Å²) in [5.41, 5.74) is 3.51. The van der Waals surface area contributed by atoms with Gasteiger partial charge in [-0.1, -0.05) is 24.3 Å². The lowest BCUT2D eigenvalue weighted by Gasteiger charge is -2.25. The lowest BCUT2D eigenvalue weighted by atomic mass is 10.0. The van der Waals surface area contributed by atoms with Crippen LogP contribution >= 0.6 is 0 Å². The van der Waals surface area contributed by atoms with Crippen LogP contribution in [0.2, 0.25) is 0 Å². The van der Waals surface area contributed by atoms with Crippen LogP contribution < -0.4 is 5.56 Å². The molecule has 0 saturated carbocycles. The van der Waals surface area contributed by atoms with E-state index in [4.69, 9.17) is 0 Å². The Morgan fingerprint density at radius 2 is 1.96 bits per heavy atom. The molecule has 3 rings (SSSR count). The van der Waals surface area contributed by atoms with Crippen molar-refractivity contribution in [3.8, 4) is 0 Å². The summed E-state index contributed by atoms with van der Waals surface area (Å²) in [6.07, 6.45) is 2.12. The van der Waals surface area contributed by atoms with Gasteiger partial charge in [0.25, 0.3) is 5.56 Å². The lowest BCUT2D eigenvalue weighted by molar-refractivity contribution is -0.131. The summed E-state index contributed by atoms with van der Waals surface area (Å²) in [6, 6.07) is 8.64. The molecule has 2 aromatic rings. The summed E-state index contributed by atoms with van der Waals surface area (Å²) < 4.78 is 0. The number of aromatic nitrogens is 2. The second-order valence-electron chi connectivity index (χ2n) is 7.08. The Kier molecular flexibility index (Phi) is 5.08. The molecule has 1 aliphatic heterocycles. The first kappa shape index (κ1) is 17.5. The van der Waals surface area contributed by atoms with Crippen LogP contribution in [-0.2, 0) is 17.8 Å². The fourth-order valence-corrected chi connectivity index (χ4v) is 3.56. The average molecular weight is 342 g/mol. The van der Waals surface area contributed by atoms with Crippen LogP contribution in [0.3, 0.4) is 0 Å². The predicted molar refractivity (Wildman–Crippen MR) is 97.4 cm³/mol. The Labute approximate surface area is 147 Å². The van der Waals surface area contributed by atoms with Gasteiger partial charge in [0, 0.05) is 24.3 Å². The van der Waals surface area contributed by atoms with Crippen LogP contribution in [0.15, 0.2) is 29.1 Å². The Morgan fingerprint density at radius 3 is 2.56 bits per heavy atom. The molecule has 1 fully saturated rings. The monoisotopic (exact) mass is 342 g/mol. The molecular weight excluding hydrogens is 316 g/mol. The van der Waals surface area contributed by atoms with E-state index in [0.717, 1.165) is 31.6 Å². The zero-order chi connectivity index (χ0) is 18.0. The first-order valence-electron chi connectivity index (χ1n) is 8.75. The number of aromatic amines is 2. The average Bonchev–Trinajstić information content (AvgIpc) is 3.17. The smallest absolute Gasteiger partial charge is 0.267 e. The van der Waals surface area contributed by atoms with E-state index in [9.17, 15) is 9.59 Å². The topological polar surface area (TPSA) is 72.2 Å². The van der Waals surface area contributed by atoms with E-state index in [-0.39, 0.29) is 23.9 Å². The number of amides is 1. The van der Waals surface area contributed by atoms with Gasteiger partial charge in [-0.05, 0) is 45.0 Å². The van der Waals surface area contributed by atoms with Gasteiger partial charge in [-0.3, -0.25) is 14.7 Å². The third-order valence-electron chi connectivity index (χ3n) is 4.85. The van der Waals surface area contributed by atoms with E-state index < -0.39 is 0 Å². The molecular formula is C19H26N4O2. The van der Waals surface area contributed by atoms with Gasteiger partial charge in [0.05, 0.1) is 12.5 Å². The molecule has 1 atom stereocenters. The van der Waals surface area contributed by atoms with Gasteiger partial charge in [0.1, 0.15) is 0 Å². The molecule has 1 aromatic heterocycles. The number of hydrogen-bond acceptors (Lipinski definition) is 3. The molecule has 2 heterocycles. The highest BCUT2D eigenvalue weighted by Gasteiger charge is 2.30. The molecule has 1 aromatic carbocycles. The number of likely N-dealkylation sites (tertiary alicyclic amines) is 1. The normalized spacial score (nSPS) is 17.4. The third kappa shape index (κ3) is 3.85. The summed E-state index contributed by atoms with van der Waals surface area (Å²) in [5.74, 6) is 0.0214. The maximum atomic E-state index is 12.8. The number of rotatable bonds is 5. The number of aryl methyl sites for hydroxylation is 1. The van der Waals surface area contributed by atoms with Crippen molar-refractivity contribution in [1.82, 2.24) is 20.0 Å². The number of nitrogens with one attached hydrogen (secondary N) is 2. The summed E-state index contributed by atoms with van der Waals surface area (Å²) in [6.45, 7) is 3.47. The summed E-state index contributed by atoms with van der Waals surface area (Å²) in [5, 5.41) is 5.33. The van der Waals surface area contributed by atoms with Gasteiger partial charge >= 0.3 is 0 Å². The molecule has 25 heavy (non-hydrogen) atoms. The molecule has 6 nitrogen and oxygen atoms in total. The predicted octanol–water partition coefficient (Wildman–Crippen LogP) is 1.98. The number of carbonyl (C=O) groups excluding carboxylic acids is 1. The van der Waals surface area contributed by atoms with Crippen LogP contribution in [0.4, 0.5) is 0 Å². The molecule has 1 amide bonds. The van der Waals surface area contributed by atoms with Crippen molar-refractivity contribution < 1.29 is 4.79 Å². The van der Waals surface area contributed by atoms with Crippen molar-refractivity contribution in [1.29, 1.82) is 0 Å². The van der Waals surface area contributed by atoms with Crippen LogP contribution in [0.25, 0.3) is 0 Å². The standard InChI is InChI=1S/C19H26N4O2/c1-13-16(19(25)21-20-13)11-18(24)23-10-4-5-17(23)15-8-6-14(7-9-15)12-22(2)3/h6-9,17H,4-5,10-12H2,1-3H3,(H2,20,21,25)/t17-/m0/s1. The van der Waals surface area contributed by atoms with E-state index in [1.54, 1.807) is 0 Å². The molecule has 1 aliphatic rings. The Balaban J connectivity index is 1.73. The lowest BCUT2D eigenvalue weighted by Crippen LogP contribution is -2.33. The molecule has 134 valence electrons. The van der Waals surface area contributed by atoms with Gasteiger partial charge in [0.2, 0.25) is 5.91 Å². The molecule has 1 saturated heterocycles. The summed E-state index contributed by atoms with van der Waals surface area (Å²) in [7, 11) is 4.10. The van der Waals surface area contributed by atoms with E-state index in [1.807, 2.05) is 11.8 Å². The van der Waals surface area contributed by atoms with Crippen molar-refractivity contribution >= 4 is 5.91 Å². The highest BCUT2D eigenvalue weighted by Crippen LogP contribution is 2.32. The van der Waals surface area contributed by atoms with Crippen molar-refractivity contribution in [2.24, 2.45) is 0 Å². The number of H-pyrrole nitrogens is 2. The number of nitrogens with zero attached hydrogens (tertiary/aromatic N) is 2. The van der Waals surface area contributed by atoms with Crippen molar-refractivity contribution in [2.45, 2.75) is 38.8 Å². The quantitative estimate of drug-likeness (QED) is 0.873. The van der Waals surface area contributed by atoms with Gasteiger partial charge in [0.15, 0.2) is 0 Å². The zero-order valence-corrected chi connectivity index (χ0v) is 15.1. The minimum absolute atomic E-state index is 0.0214. The second-order valence-corrected chi connectivity index (χ2v) is 7.08. The number of hydrogen-bond donors (Lipinski definition) is 2. The Hall–Kier alpha value is -2.34. The molecule has 0 spiro atoms. The minimum atomic E-state index is -0.199. The first-order chi connectivity index (χ1) is 12.0. The van der Waals surface area contributed by atoms with Crippen molar-refractivity contribution in [3.05, 3.63) is 57.0 Å². The minimum Gasteiger partial charge on any atom is -0.335 e. The fraction of sp³-hybridized carbons (Fsp3) is 0.474. The maximum absolute atomic E-state index is 12.8. The summed E-state index contributed by atoms with van der Waals surface area (Å²) >= 11 is 0. The molecule has 0 bridgehead atoms. The highest BCUT2D eigenvalue weighted by molar-refractivity contribution is 5.79. The van der Waals surface area contributed by atoms with Crippen LogP contribution in [0.1, 0.15) is 41.3 Å². The van der Waals surface area contributed by atoms with E-state index in [1.165, 1.54) is 11.1 Å². The molecule has 6 heteroatoms. The van der Waals surface area contributed by atoms with Gasteiger partial charge < -0.3 is 14.9 Å². The van der Waals surface area contributed by atoms with E-state index >= 15 is 0 Å². The Bertz CT molecular complexity index is 789. The SMILES string of the molecule is Cc1[nH][nH]c(=O)c1CC(=O)N1CCC[C@H]1c1ccc(CN(C)C)cc1. The molecule has 2 N–H and O–H groups in total. The maximum Gasteiger partial charge on any atom is 0.267 e. The van der Waals surface area contributed by atoms with Crippen molar-refractivity contribution in [3.63, 3.8) is 0 Å². The number of carbonyl (C=O) groups is 1. The molecule has 0 radical (unpaired) electrons. The fourth-order valence-electron chi connectivity index (χ4n) is 3.56. The Morgan fingerprint density at radius 1 is 1.24 bits per heavy atom. The largest absolute Gasteiger partial charge is 0.335 e.